The van der Waals surface area contributed by atoms with Gasteiger partial charge in [-0.3, -0.25) is 0 Å². The first kappa shape index (κ1) is 16.9. The number of hydrogen-bond donors (Lipinski definition) is 2. The minimum Gasteiger partial charge on any atom is -0.369 e. The van der Waals surface area contributed by atoms with Gasteiger partial charge in [-0.1, -0.05) is 33.6 Å². The second-order valence-electron chi connectivity index (χ2n) is 4.81. The monoisotopic (exact) mass is 299 g/mol. The highest BCUT2D eigenvalue weighted by Crippen LogP contribution is 2.18. The summed E-state index contributed by atoms with van der Waals surface area (Å²) in [5.74, 6) is 0.792. The second kappa shape index (κ2) is 8.21. The van der Waals surface area contributed by atoms with E-state index in [1.807, 2.05) is 6.92 Å². The molecule has 20 heavy (non-hydrogen) atoms. The van der Waals surface area contributed by atoms with Crippen LogP contribution in [0.4, 0.5) is 5.82 Å². The van der Waals surface area contributed by atoms with Crippen LogP contribution in [0.15, 0.2) is 23.2 Å². The molecule has 0 saturated carbocycles. The third-order valence-corrected chi connectivity index (χ3v) is 4.77. The molecule has 0 aliphatic carbocycles. The van der Waals surface area contributed by atoms with Crippen LogP contribution >= 0.6 is 0 Å². The minimum atomic E-state index is -3.51. The van der Waals surface area contributed by atoms with Crippen LogP contribution in [-0.2, 0) is 10.0 Å². The van der Waals surface area contributed by atoms with Gasteiger partial charge in [0.2, 0.25) is 10.0 Å². The van der Waals surface area contributed by atoms with Gasteiger partial charge in [-0.15, -0.1) is 0 Å². The number of sulfonamides is 1. The van der Waals surface area contributed by atoms with Crippen molar-refractivity contribution in [3.8, 4) is 0 Å². The van der Waals surface area contributed by atoms with Crippen molar-refractivity contribution in [1.82, 2.24) is 9.71 Å². The summed E-state index contributed by atoms with van der Waals surface area (Å²) in [5.41, 5.74) is 0. The highest BCUT2D eigenvalue weighted by Gasteiger charge is 2.19. The zero-order chi connectivity index (χ0) is 15.0. The van der Waals surface area contributed by atoms with E-state index in [4.69, 9.17) is 0 Å². The molecule has 0 fully saturated rings. The van der Waals surface area contributed by atoms with Crippen LogP contribution in [0.1, 0.15) is 40.0 Å². The average molecular weight is 299 g/mol. The lowest BCUT2D eigenvalue weighted by molar-refractivity contribution is 0.479. The van der Waals surface area contributed by atoms with Gasteiger partial charge in [-0.25, -0.2) is 18.1 Å². The van der Waals surface area contributed by atoms with Crippen LogP contribution in [0.3, 0.4) is 0 Å². The Labute approximate surface area is 122 Å². The second-order valence-corrected chi connectivity index (χ2v) is 6.55. The number of pyridine rings is 1. The van der Waals surface area contributed by atoms with Gasteiger partial charge in [-0.2, -0.15) is 0 Å². The topological polar surface area (TPSA) is 71.1 Å². The maximum absolute atomic E-state index is 12.4. The lowest BCUT2D eigenvalue weighted by Crippen LogP contribution is -2.29. The molecular weight excluding hydrogens is 274 g/mol. The smallest absolute Gasteiger partial charge is 0.244 e. The predicted octanol–water partition coefficient (Wildman–Crippen LogP) is 2.62. The Morgan fingerprint density at radius 2 is 1.95 bits per heavy atom. The van der Waals surface area contributed by atoms with E-state index < -0.39 is 10.0 Å². The lowest BCUT2D eigenvalue weighted by Gasteiger charge is -2.15. The fourth-order valence-electron chi connectivity index (χ4n) is 1.87. The molecule has 0 aliphatic heterocycles. The van der Waals surface area contributed by atoms with Crippen molar-refractivity contribution < 1.29 is 8.42 Å². The molecule has 5 nitrogen and oxygen atoms in total. The summed E-state index contributed by atoms with van der Waals surface area (Å²) in [7, 11) is -3.51. The van der Waals surface area contributed by atoms with Crippen LogP contribution in [0.2, 0.25) is 0 Å². The van der Waals surface area contributed by atoms with Crippen molar-refractivity contribution in [2.24, 2.45) is 5.92 Å². The van der Waals surface area contributed by atoms with E-state index in [-0.39, 0.29) is 4.90 Å². The molecule has 0 aromatic carbocycles. The largest absolute Gasteiger partial charge is 0.369 e. The molecule has 1 aromatic heterocycles. The van der Waals surface area contributed by atoms with Gasteiger partial charge in [0, 0.05) is 19.3 Å². The Balaban J connectivity index is 2.86. The Hall–Kier alpha value is -1.14. The van der Waals surface area contributed by atoms with Gasteiger partial charge in [0.05, 0.1) is 0 Å². The van der Waals surface area contributed by atoms with E-state index in [9.17, 15) is 8.42 Å². The Kier molecular flexibility index (Phi) is 6.95. The van der Waals surface area contributed by atoms with Gasteiger partial charge in [0.25, 0.3) is 0 Å². The Bertz CT molecular complexity index is 499. The number of nitrogens with one attached hydrogen (secondary N) is 2. The van der Waals surface area contributed by atoms with Crippen molar-refractivity contribution in [2.45, 2.75) is 44.9 Å². The summed E-state index contributed by atoms with van der Waals surface area (Å²) >= 11 is 0. The zero-order valence-corrected chi connectivity index (χ0v) is 13.3. The third kappa shape index (κ3) is 4.76. The van der Waals surface area contributed by atoms with Gasteiger partial charge < -0.3 is 5.32 Å². The molecule has 114 valence electrons. The predicted molar refractivity (Wildman–Crippen MR) is 82.3 cm³/mol. The van der Waals surface area contributed by atoms with Crippen LogP contribution in [0.25, 0.3) is 0 Å². The SMILES string of the molecule is CCCNc1ncccc1S(=O)(=O)NCC(CC)CC. The number of rotatable bonds is 9. The maximum Gasteiger partial charge on any atom is 0.244 e. The molecule has 1 rings (SSSR count). The van der Waals surface area contributed by atoms with Crippen molar-refractivity contribution in [3.05, 3.63) is 18.3 Å². The van der Waals surface area contributed by atoms with Gasteiger partial charge in [-0.05, 0) is 24.5 Å². The summed E-state index contributed by atoms with van der Waals surface area (Å²) in [5, 5.41) is 3.05. The quantitative estimate of drug-likeness (QED) is 0.735. The summed E-state index contributed by atoms with van der Waals surface area (Å²) in [6, 6.07) is 3.23. The molecule has 0 amide bonds. The third-order valence-electron chi connectivity index (χ3n) is 3.32. The molecule has 2 N–H and O–H groups in total. The van der Waals surface area contributed by atoms with E-state index in [0.29, 0.717) is 24.8 Å². The first-order chi connectivity index (χ1) is 9.55. The lowest BCUT2D eigenvalue weighted by atomic mass is 10.0. The first-order valence-corrected chi connectivity index (χ1v) is 8.72. The van der Waals surface area contributed by atoms with Crippen molar-refractivity contribution in [2.75, 3.05) is 18.4 Å². The number of hydrogen-bond acceptors (Lipinski definition) is 4. The Morgan fingerprint density at radius 1 is 1.25 bits per heavy atom. The number of aromatic nitrogens is 1. The number of nitrogens with zero attached hydrogens (tertiary/aromatic N) is 1. The molecular formula is C14H25N3O2S. The zero-order valence-electron chi connectivity index (χ0n) is 12.5. The minimum absolute atomic E-state index is 0.222. The fraction of sp³-hybridized carbons (Fsp3) is 0.643. The molecule has 0 spiro atoms. The van der Waals surface area contributed by atoms with E-state index in [2.05, 4.69) is 28.9 Å². The van der Waals surface area contributed by atoms with Crippen LogP contribution in [0, 0.1) is 5.92 Å². The highest BCUT2D eigenvalue weighted by molar-refractivity contribution is 7.89. The van der Waals surface area contributed by atoms with E-state index >= 15 is 0 Å². The molecule has 1 heterocycles. The van der Waals surface area contributed by atoms with Crippen molar-refractivity contribution >= 4 is 15.8 Å². The van der Waals surface area contributed by atoms with Crippen molar-refractivity contribution in [1.29, 1.82) is 0 Å². The fourth-order valence-corrected chi connectivity index (χ4v) is 3.11. The van der Waals surface area contributed by atoms with Gasteiger partial charge >= 0.3 is 0 Å². The van der Waals surface area contributed by atoms with E-state index in [1.54, 1.807) is 18.3 Å². The van der Waals surface area contributed by atoms with Crippen LogP contribution < -0.4 is 10.0 Å². The highest BCUT2D eigenvalue weighted by atomic mass is 32.2. The van der Waals surface area contributed by atoms with Crippen molar-refractivity contribution in [3.63, 3.8) is 0 Å². The maximum atomic E-state index is 12.4. The first-order valence-electron chi connectivity index (χ1n) is 7.23. The summed E-state index contributed by atoms with van der Waals surface area (Å²) in [4.78, 5) is 4.34. The van der Waals surface area contributed by atoms with E-state index in [0.717, 1.165) is 19.3 Å². The molecule has 1 aromatic rings. The molecule has 0 bridgehead atoms. The molecule has 0 atom stereocenters. The van der Waals surface area contributed by atoms with Gasteiger partial charge in [0.15, 0.2) is 0 Å². The molecule has 0 saturated heterocycles. The normalized spacial score (nSPS) is 11.8. The molecule has 6 heteroatoms. The van der Waals surface area contributed by atoms with Crippen LogP contribution in [0.5, 0.6) is 0 Å². The summed E-state index contributed by atoms with van der Waals surface area (Å²) in [6.45, 7) is 7.33. The van der Waals surface area contributed by atoms with Gasteiger partial charge in [0.1, 0.15) is 10.7 Å². The Morgan fingerprint density at radius 3 is 2.55 bits per heavy atom. The van der Waals surface area contributed by atoms with E-state index in [1.165, 1.54) is 0 Å². The molecule has 0 unspecified atom stereocenters. The standard InChI is InChI=1S/C14H25N3O2S/c1-4-9-15-14-13(8-7-10-16-14)20(18,19)17-11-12(5-2)6-3/h7-8,10,12,17H,4-6,9,11H2,1-3H3,(H,15,16). The summed E-state index contributed by atoms with van der Waals surface area (Å²) < 4.78 is 27.4. The average Bonchev–Trinajstić information content (AvgIpc) is 2.46. The number of anilines is 1. The molecule has 0 radical (unpaired) electrons. The molecule has 0 aliphatic rings. The summed E-state index contributed by atoms with van der Waals surface area (Å²) in [6.07, 6.45) is 4.44. The van der Waals surface area contributed by atoms with Crippen LogP contribution in [-0.4, -0.2) is 26.5 Å².